The Morgan fingerprint density at radius 3 is 2.60 bits per heavy atom. The fourth-order valence-corrected chi connectivity index (χ4v) is 2.36. The van der Waals surface area contributed by atoms with Crippen molar-refractivity contribution in [3.63, 3.8) is 0 Å². The fraction of sp³-hybridized carbons (Fsp3) is 0.923. The van der Waals surface area contributed by atoms with E-state index in [-0.39, 0.29) is 0 Å². The average molecular weight is 206 g/mol. The lowest BCUT2D eigenvalue weighted by atomic mass is 10.0. The van der Waals surface area contributed by atoms with Crippen molar-refractivity contribution in [3.05, 3.63) is 0 Å². The summed E-state index contributed by atoms with van der Waals surface area (Å²) in [5.41, 5.74) is 0.408. The minimum Gasteiger partial charge on any atom is -0.300 e. The molecular weight excluding hydrogens is 184 g/mol. The minimum atomic E-state index is 0.408. The van der Waals surface area contributed by atoms with Crippen LogP contribution in [0.3, 0.4) is 0 Å². The van der Waals surface area contributed by atoms with Gasteiger partial charge in [-0.25, -0.2) is 0 Å². The third-order valence-electron chi connectivity index (χ3n) is 3.81. The quantitative estimate of drug-likeness (QED) is 0.640. The van der Waals surface area contributed by atoms with E-state index in [0.717, 1.165) is 12.5 Å². The Bertz CT molecular complexity index is 246. The van der Waals surface area contributed by atoms with Crippen LogP contribution < -0.4 is 0 Å². The van der Waals surface area contributed by atoms with E-state index in [2.05, 4.69) is 17.9 Å². The molecule has 0 aromatic carbocycles. The fourth-order valence-electron chi connectivity index (χ4n) is 2.36. The summed E-state index contributed by atoms with van der Waals surface area (Å²) in [6.45, 7) is 4.72. The van der Waals surface area contributed by atoms with Gasteiger partial charge >= 0.3 is 0 Å². The van der Waals surface area contributed by atoms with Crippen LogP contribution in [0.4, 0.5) is 0 Å². The zero-order chi connectivity index (χ0) is 10.7. The molecule has 0 heterocycles. The molecule has 0 saturated heterocycles. The summed E-state index contributed by atoms with van der Waals surface area (Å²) in [4.78, 5) is 2.66. The summed E-state index contributed by atoms with van der Waals surface area (Å²) in [6.07, 6.45) is 8.75. The molecule has 2 rings (SSSR count). The highest BCUT2D eigenvalue weighted by molar-refractivity contribution is 5.02. The second kappa shape index (κ2) is 4.53. The first kappa shape index (κ1) is 11.0. The van der Waals surface area contributed by atoms with Crippen molar-refractivity contribution >= 4 is 0 Å². The summed E-state index contributed by atoms with van der Waals surface area (Å²) in [6, 6.07) is 3.23. The lowest BCUT2D eigenvalue weighted by Gasteiger charge is -2.26. The van der Waals surface area contributed by atoms with Crippen molar-refractivity contribution in [2.75, 3.05) is 13.1 Å². The van der Waals surface area contributed by atoms with Gasteiger partial charge in [0.15, 0.2) is 0 Å². The molecule has 15 heavy (non-hydrogen) atoms. The van der Waals surface area contributed by atoms with Crippen molar-refractivity contribution in [1.82, 2.24) is 4.90 Å². The van der Waals surface area contributed by atoms with Crippen molar-refractivity contribution in [1.29, 1.82) is 5.26 Å². The molecule has 2 aliphatic rings. The second-order valence-electron chi connectivity index (χ2n) is 5.39. The van der Waals surface area contributed by atoms with Crippen molar-refractivity contribution in [2.45, 2.75) is 57.9 Å². The number of nitriles is 1. The van der Waals surface area contributed by atoms with Crippen LogP contribution in [0.15, 0.2) is 0 Å². The number of nitrogens with zero attached hydrogens (tertiary/aromatic N) is 2. The molecule has 2 heteroatoms. The van der Waals surface area contributed by atoms with Gasteiger partial charge in [0.25, 0.3) is 0 Å². The second-order valence-corrected chi connectivity index (χ2v) is 5.39. The van der Waals surface area contributed by atoms with E-state index >= 15 is 0 Å². The largest absolute Gasteiger partial charge is 0.300 e. The smallest absolute Gasteiger partial charge is 0.0628 e. The first-order chi connectivity index (χ1) is 7.29. The van der Waals surface area contributed by atoms with Gasteiger partial charge in [0.1, 0.15) is 0 Å². The molecule has 2 nitrogen and oxygen atoms in total. The molecule has 2 fully saturated rings. The summed E-state index contributed by atoms with van der Waals surface area (Å²) >= 11 is 0. The van der Waals surface area contributed by atoms with E-state index in [4.69, 9.17) is 5.26 Å². The van der Waals surface area contributed by atoms with Crippen LogP contribution in [0.25, 0.3) is 0 Å². The molecule has 84 valence electrons. The van der Waals surface area contributed by atoms with Gasteiger partial charge in [0.05, 0.1) is 6.07 Å². The van der Waals surface area contributed by atoms with Gasteiger partial charge in [-0.05, 0) is 44.1 Å². The van der Waals surface area contributed by atoms with Crippen molar-refractivity contribution in [2.24, 2.45) is 5.41 Å². The molecule has 0 aromatic rings. The highest BCUT2D eigenvalue weighted by atomic mass is 15.2. The molecule has 0 unspecified atom stereocenters. The molecule has 0 atom stereocenters. The summed E-state index contributed by atoms with van der Waals surface area (Å²) in [5.74, 6) is 0. The van der Waals surface area contributed by atoms with E-state index in [1.807, 2.05) is 0 Å². The topological polar surface area (TPSA) is 27.0 Å². The maximum absolute atomic E-state index is 8.82. The predicted octanol–water partition coefficient (Wildman–Crippen LogP) is 2.94. The minimum absolute atomic E-state index is 0.408. The first-order valence-corrected chi connectivity index (χ1v) is 6.41. The van der Waals surface area contributed by atoms with Gasteiger partial charge < -0.3 is 0 Å². The highest BCUT2D eigenvalue weighted by Gasteiger charge is 2.45. The Morgan fingerprint density at radius 1 is 1.40 bits per heavy atom. The van der Waals surface area contributed by atoms with Crippen LogP contribution in [-0.2, 0) is 0 Å². The van der Waals surface area contributed by atoms with Crippen LogP contribution in [0.2, 0.25) is 0 Å². The maximum atomic E-state index is 8.82. The lowest BCUT2D eigenvalue weighted by molar-refractivity contribution is 0.208. The maximum Gasteiger partial charge on any atom is 0.0628 e. The van der Waals surface area contributed by atoms with E-state index in [1.54, 1.807) is 0 Å². The molecule has 0 spiro atoms. The van der Waals surface area contributed by atoms with Gasteiger partial charge in [0, 0.05) is 19.0 Å². The zero-order valence-corrected chi connectivity index (χ0v) is 9.84. The van der Waals surface area contributed by atoms with Crippen LogP contribution >= 0.6 is 0 Å². The summed E-state index contributed by atoms with van der Waals surface area (Å²) < 4.78 is 0. The number of hydrogen-bond acceptors (Lipinski definition) is 2. The standard InChI is InChI=1S/C13H22N2/c1-2-3-10-15(12-4-5-12)11-13(6-7-13)8-9-14/h12H,2-8,10-11H2,1H3. The zero-order valence-electron chi connectivity index (χ0n) is 9.84. The molecule has 0 bridgehead atoms. The number of rotatable bonds is 7. The summed E-state index contributed by atoms with van der Waals surface area (Å²) in [7, 11) is 0. The lowest BCUT2D eigenvalue weighted by Crippen LogP contribution is -2.33. The van der Waals surface area contributed by atoms with Crippen LogP contribution in [0.1, 0.15) is 51.9 Å². The Hall–Kier alpha value is -0.550. The highest BCUT2D eigenvalue weighted by Crippen LogP contribution is 2.50. The van der Waals surface area contributed by atoms with Crippen LogP contribution in [0.5, 0.6) is 0 Å². The first-order valence-electron chi connectivity index (χ1n) is 6.41. The van der Waals surface area contributed by atoms with Gasteiger partial charge in [0.2, 0.25) is 0 Å². The van der Waals surface area contributed by atoms with Gasteiger partial charge in [-0.3, -0.25) is 4.90 Å². The third-order valence-corrected chi connectivity index (χ3v) is 3.81. The normalized spacial score (nSPS) is 22.7. The molecule has 0 radical (unpaired) electrons. The molecule has 2 aliphatic carbocycles. The van der Waals surface area contributed by atoms with Gasteiger partial charge in [-0.2, -0.15) is 5.26 Å². The molecule has 0 aliphatic heterocycles. The van der Waals surface area contributed by atoms with Gasteiger partial charge in [-0.1, -0.05) is 13.3 Å². The average Bonchev–Trinajstić information content (AvgIpc) is 3.07. The molecular formula is C13H22N2. The third kappa shape index (κ3) is 2.95. The summed E-state index contributed by atoms with van der Waals surface area (Å²) in [5, 5.41) is 8.82. The monoisotopic (exact) mass is 206 g/mol. The SMILES string of the molecule is CCCCN(CC1(CC#N)CC1)C1CC1. The van der Waals surface area contributed by atoms with E-state index in [1.165, 1.54) is 51.6 Å². The Kier molecular flexibility index (Phi) is 3.31. The van der Waals surface area contributed by atoms with Crippen molar-refractivity contribution in [3.8, 4) is 6.07 Å². The van der Waals surface area contributed by atoms with E-state index in [9.17, 15) is 0 Å². The van der Waals surface area contributed by atoms with Gasteiger partial charge in [-0.15, -0.1) is 0 Å². The Labute approximate surface area is 93.3 Å². The van der Waals surface area contributed by atoms with Crippen molar-refractivity contribution < 1.29 is 0 Å². The van der Waals surface area contributed by atoms with E-state index in [0.29, 0.717) is 5.41 Å². The molecule has 0 aromatic heterocycles. The Morgan fingerprint density at radius 2 is 2.13 bits per heavy atom. The van der Waals surface area contributed by atoms with E-state index < -0.39 is 0 Å². The molecule has 0 N–H and O–H groups in total. The Balaban J connectivity index is 1.81. The van der Waals surface area contributed by atoms with Crippen LogP contribution in [-0.4, -0.2) is 24.0 Å². The van der Waals surface area contributed by atoms with Crippen LogP contribution in [0, 0.1) is 16.7 Å². The molecule has 2 saturated carbocycles. The number of hydrogen-bond donors (Lipinski definition) is 0. The number of unbranched alkanes of at least 4 members (excludes halogenated alkanes) is 1. The molecule has 0 amide bonds. The predicted molar refractivity (Wildman–Crippen MR) is 61.4 cm³/mol.